The van der Waals surface area contributed by atoms with Gasteiger partial charge in [-0.25, -0.2) is 4.79 Å². The monoisotopic (exact) mass is 521 g/mol. The predicted molar refractivity (Wildman–Crippen MR) is 110 cm³/mol. The predicted octanol–water partition coefficient (Wildman–Crippen LogP) is 3.64. The van der Waals surface area contributed by atoms with Crippen molar-refractivity contribution >= 4 is 62.6 Å². The normalized spacial score (nSPS) is 8.43. The van der Waals surface area contributed by atoms with Gasteiger partial charge in [-0.05, 0) is 22.0 Å². The van der Waals surface area contributed by atoms with E-state index in [1.54, 1.807) is 0 Å². The second kappa shape index (κ2) is 13.2. The van der Waals surface area contributed by atoms with E-state index in [1.165, 1.54) is 7.05 Å². The molecule has 0 radical (unpaired) electrons. The van der Waals surface area contributed by atoms with Crippen molar-refractivity contribution in [2.45, 2.75) is 0 Å². The first-order valence-corrected chi connectivity index (χ1v) is 10.4. The molecule has 0 saturated heterocycles. The molecule has 0 aliphatic heterocycles. The first-order valence-electron chi connectivity index (χ1n) is 6.09. The lowest BCUT2D eigenvalue weighted by Crippen LogP contribution is -2.23. The van der Waals surface area contributed by atoms with Gasteiger partial charge in [0.2, 0.25) is 0 Å². The van der Waals surface area contributed by atoms with E-state index < -0.39 is 6.09 Å². The van der Waals surface area contributed by atoms with Crippen LogP contribution in [0.4, 0.5) is 16.2 Å². The van der Waals surface area contributed by atoms with Gasteiger partial charge in [0.1, 0.15) is 0 Å². The van der Waals surface area contributed by atoms with Crippen LogP contribution >= 0.6 is 45.2 Å². The number of benzene rings is 1. The van der Waals surface area contributed by atoms with Crippen LogP contribution < -0.4 is 19.9 Å². The molecule has 5 nitrogen and oxygen atoms in total. The zero-order valence-corrected chi connectivity index (χ0v) is 18.0. The summed E-state index contributed by atoms with van der Waals surface area (Å²) in [6.45, 7) is 0. The number of nitrogens with one attached hydrogen (secondary N) is 1. The van der Waals surface area contributed by atoms with Gasteiger partial charge in [0.15, 0.2) is 5.75 Å². The highest BCUT2D eigenvalue weighted by molar-refractivity contribution is 14.1. The number of carbonyl (C=O) groups excluding carboxylic acids is 1. The Hall–Kier alpha value is -0.450. The standard InChI is InChI=1S/C12H19N3O2.2CH3I/c1-13-12(16)17-11-8-9(14(2)3)6-7-10(11)15(4)5;2*1-2/h6-8H,1-5H3,(H,13,16);2*1H3. The number of nitrogens with zero attached hydrogens (tertiary/aromatic N) is 2. The van der Waals surface area contributed by atoms with Gasteiger partial charge in [-0.1, -0.05) is 45.2 Å². The molecule has 7 heteroatoms. The Balaban J connectivity index is 0. The smallest absolute Gasteiger partial charge is 0.408 e. The number of hydrogen-bond donors (Lipinski definition) is 1. The zero-order valence-electron chi connectivity index (χ0n) is 13.7. The van der Waals surface area contributed by atoms with Crippen LogP contribution in [0.25, 0.3) is 0 Å². The highest BCUT2D eigenvalue weighted by Crippen LogP contribution is 2.31. The number of ether oxygens (including phenoxy) is 1. The van der Waals surface area contributed by atoms with Crippen molar-refractivity contribution < 1.29 is 9.53 Å². The Labute approximate surface area is 155 Å². The number of hydrogen-bond acceptors (Lipinski definition) is 4. The average molecular weight is 521 g/mol. The SMILES string of the molecule is CI.CI.CNC(=O)Oc1cc(N(C)C)ccc1N(C)C. The maximum atomic E-state index is 11.3. The summed E-state index contributed by atoms with van der Waals surface area (Å²) in [6.07, 6.45) is -0.469. The van der Waals surface area contributed by atoms with Gasteiger partial charge < -0.3 is 19.9 Å². The molecule has 0 unspecified atom stereocenters. The number of amides is 1. The van der Waals surface area contributed by atoms with Crippen LogP contribution in [0.1, 0.15) is 0 Å². The van der Waals surface area contributed by atoms with Crippen LogP contribution in [0.5, 0.6) is 5.75 Å². The Morgan fingerprint density at radius 2 is 1.57 bits per heavy atom. The topological polar surface area (TPSA) is 44.8 Å². The van der Waals surface area contributed by atoms with Gasteiger partial charge in [0, 0.05) is 47.0 Å². The van der Waals surface area contributed by atoms with Gasteiger partial charge in [-0.15, -0.1) is 0 Å². The van der Waals surface area contributed by atoms with Crippen LogP contribution in [-0.2, 0) is 0 Å². The molecule has 122 valence electrons. The van der Waals surface area contributed by atoms with E-state index in [9.17, 15) is 4.79 Å². The lowest BCUT2D eigenvalue weighted by molar-refractivity contribution is 0.203. The molecule has 1 N–H and O–H groups in total. The quantitative estimate of drug-likeness (QED) is 0.488. The fraction of sp³-hybridized carbons (Fsp3) is 0.500. The van der Waals surface area contributed by atoms with E-state index in [1.807, 2.05) is 66.1 Å². The molecule has 0 aromatic heterocycles. The number of carbonyl (C=O) groups is 1. The number of alkyl halides is 2. The third kappa shape index (κ3) is 8.54. The highest BCUT2D eigenvalue weighted by Gasteiger charge is 2.11. The van der Waals surface area contributed by atoms with Crippen LogP contribution in [-0.4, -0.2) is 51.2 Å². The molecule has 0 spiro atoms. The summed E-state index contributed by atoms with van der Waals surface area (Å²) in [5, 5.41) is 2.44. The van der Waals surface area contributed by atoms with Gasteiger partial charge in [-0.3, -0.25) is 0 Å². The molecule has 0 bridgehead atoms. The maximum Gasteiger partial charge on any atom is 0.412 e. The minimum absolute atomic E-state index is 0.469. The van der Waals surface area contributed by atoms with E-state index in [4.69, 9.17) is 4.74 Å². The third-order valence-electron chi connectivity index (χ3n) is 2.35. The van der Waals surface area contributed by atoms with E-state index in [0.717, 1.165) is 11.4 Å². The van der Waals surface area contributed by atoms with Crippen molar-refractivity contribution in [2.24, 2.45) is 0 Å². The average Bonchev–Trinajstić information content (AvgIpc) is 2.50. The van der Waals surface area contributed by atoms with Crippen molar-refractivity contribution in [3.63, 3.8) is 0 Å². The highest BCUT2D eigenvalue weighted by atomic mass is 127. The molecular weight excluding hydrogens is 496 g/mol. The number of halogens is 2. The van der Waals surface area contributed by atoms with Crippen molar-refractivity contribution in [1.82, 2.24) is 5.32 Å². The summed E-state index contributed by atoms with van der Waals surface area (Å²) in [6, 6.07) is 5.74. The largest absolute Gasteiger partial charge is 0.412 e. The van der Waals surface area contributed by atoms with Gasteiger partial charge in [0.25, 0.3) is 0 Å². The molecule has 0 fully saturated rings. The van der Waals surface area contributed by atoms with Crippen LogP contribution in [0.2, 0.25) is 0 Å². The molecule has 0 aliphatic rings. The van der Waals surface area contributed by atoms with E-state index in [2.05, 4.69) is 50.5 Å². The first-order chi connectivity index (χ1) is 9.95. The fourth-order valence-electron chi connectivity index (χ4n) is 1.38. The Bertz CT molecular complexity index is 413. The summed E-state index contributed by atoms with van der Waals surface area (Å²) >= 11 is 4.30. The molecule has 1 rings (SSSR count). The van der Waals surface area contributed by atoms with Crippen LogP contribution in [0.3, 0.4) is 0 Å². The molecule has 0 heterocycles. The fourth-order valence-corrected chi connectivity index (χ4v) is 1.38. The second-order valence-corrected chi connectivity index (χ2v) is 4.08. The summed E-state index contributed by atoms with van der Waals surface area (Å²) in [7, 11) is 9.22. The maximum absolute atomic E-state index is 11.3. The molecule has 1 amide bonds. The number of anilines is 2. The first kappa shape index (κ1) is 22.8. The van der Waals surface area contributed by atoms with Crippen LogP contribution in [0.15, 0.2) is 18.2 Å². The molecule has 0 atom stereocenters. The second-order valence-electron chi connectivity index (χ2n) is 4.08. The Morgan fingerprint density at radius 3 is 1.95 bits per heavy atom. The van der Waals surface area contributed by atoms with Gasteiger partial charge >= 0.3 is 6.09 Å². The van der Waals surface area contributed by atoms with Crippen LogP contribution in [0, 0.1) is 0 Å². The van der Waals surface area contributed by atoms with Gasteiger partial charge in [-0.2, -0.15) is 0 Å². The lowest BCUT2D eigenvalue weighted by atomic mass is 10.2. The molecule has 21 heavy (non-hydrogen) atoms. The van der Waals surface area contributed by atoms with Gasteiger partial charge in [0.05, 0.1) is 5.69 Å². The van der Waals surface area contributed by atoms with E-state index >= 15 is 0 Å². The molecule has 1 aromatic rings. The summed E-state index contributed by atoms with van der Waals surface area (Å²) in [5.41, 5.74) is 1.84. The van der Waals surface area contributed by atoms with Crippen molar-refractivity contribution in [1.29, 1.82) is 0 Å². The minimum atomic E-state index is -0.469. The lowest BCUT2D eigenvalue weighted by Gasteiger charge is -2.20. The van der Waals surface area contributed by atoms with Crippen molar-refractivity contribution in [3.05, 3.63) is 18.2 Å². The Morgan fingerprint density at radius 1 is 1.05 bits per heavy atom. The van der Waals surface area contributed by atoms with Crippen molar-refractivity contribution in [3.8, 4) is 5.75 Å². The molecule has 0 saturated carbocycles. The molecular formula is C14H25I2N3O2. The van der Waals surface area contributed by atoms with Crippen molar-refractivity contribution in [2.75, 3.05) is 54.9 Å². The molecule has 1 aromatic carbocycles. The molecule has 0 aliphatic carbocycles. The summed E-state index contributed by atoms with van der Waals surface area (Å²) in [5.74, 6) is 0.542. The number of rotatable bonds is 3. The summed E-state index contributed by atoms with van der Waals surface area (Å²) in [4.78, 5) is 19.1. The van der Waals surface area contributed by atoms with E-state index in [-0.39, 0.29) is 0 Å². The third-order valence-corrected chi connectivity index (χ3v) is 2.35. The van der Waals surface area contributed by atoms with E-state index in [0.29, 0.717) is 5.75 Å². The Kier molecular flexibility index (Phi) is 14.4. The zero-order chi connectivity index (χ0) is 17.0. The summed E-state index contributed by atoms with van der Waals surface area (Å²) < 4.78 is 5.23. The minimum Gasteiger partial charge on any atom is -0.408 e.